The van der Waals surface area contributed by atoms with Gasteiger partial charge in [0.15, 0.2) is 5.89 Å². The molecule has 2 heterocycles. The van der Waals surface area contributed by atoms with Crippen molar-refractivity contribution < 1.29 is 17.9 Å². The highest BCUT2D eigenvalue weighted by molar-refractivity contribution is 7.91. The molecule has 0 amide bonds. The van der Waals surface area contributed by atoms with Crippen molar-refractivity contribution in [2.75, 3.05) is 18.1 Å². The first-order valence-corrected chi connectivity index (χ1v) is 7.60. The Morgan fingerprint density at radius 1 is 1.53 bits per heavy atom. The van der Waals surface area contributed by atoms with Crippen molar-refractivity contribution in [3.05, 3.63) is 17.8 Å². The highest BCUT2D eigenvalue weighted by Crippen LogP contribution is 2.29. The number of oxazole rings is 1. The summed E-state index contributed by atoms with van der Waals surface area (Å²) in [5.74, 6) is 1.09. The van der Waals surface area contributed by atoms with Crippen LogP contribution in [-0.2, 0) is 9.84 Å². The van der Waals surface area contributed by atoms with Crippen molar-refractivity contribution in [3.63, 3.8) is 0 Å². The van der Waals surface area contributed by atoms with Gasteiger partial charge in [-0.1, -0.05) is 6.92 Å². The predicted molar refractivity (Wildman–Crippen MR) is 62.6 cm³/mol. The van der Waals surface area contributed by atoms with Gasteiger partial charge in [0.05, 0.1) is 23.8 Å². The summed E-state index contributed by atoms with van der Waals surface area (Å²) in [5.41, 5.74) is 0.732. The predicted octanol–water partition coefficient (Wildman–Crippen LogP) is 1.06. The van der Waals surface area contributed by atoms with Gasteiger partial charge in [-0.2, -0.15) is 0 Å². The molecule has 1 atom stereocenters. The largest absolute Gasteiger partial charge is 0.448 e. The number of sulfone groups is 1. The molecule has 0 bridgehead atoms. The average molecular weight is 259 g/mol. The van der Waals surface area contributed by atoms with Gasteiger partial charge in [-0.15, -0.1) is 0 Å². The number of hydrogen-bond donors (Lipinski definition) is 1. The molecule has 2 rings (SSSR count). The van der Waals surface area contributed by atoms with E-state index in [1.54, 1.807) is 6.26 Å². The van der Waals surface area contributed by atoms with Crippen molar-refractivity contribution in [2.24, 2.45) is 0 Å². The van der Waals surface area contributed by atoms with Crippen molar-refractivity contribution in [2.45, 2.75) is 31.6 Å². The van der Waals surface area contributed by atoms with Gasteiger partial charge in [0, 0.05) is 11.8 Å². The Kier molecular flexibility index (Phi) is 3.53. The average Bonchev–Trinajstić information content (AvgIpc) is 2.77. The van der Waals surface area contributed by atoms with E-state index in [1.807, 2.05) is 6.92 Å². The molecule has 1 aromatic heterocycles. The van der Waals surface area contributed by atoms with E-state index in [-0.39, 0.29) is 29.9 Å². The number of aliphatic hydroxyl groups is 1. The van der Waals surface area contributed by atoms with Gasteiger partial charge in [0.2, 0.25) is 0 Å². The maximum atomic E-state index is 11.3. The lowest BCUT2D eigenvalue weighted by Gasteiger charge is -2.18. The third-order valence-corrected chi connectivity index (χ3v) is 4.94. The molecule has 96 valence electrons. The smallest absolute Gasteiger partial charge is 0.197 e. The second-order valence-electron chi connectivity index (χ2n) is 4.62. The molecule has 6 heteroatoms. The SMILES string of the molecule is CC(CO)c1coc(C2CCS(=O)(=O)CC2)n1. The fraction of sp³-hybridized carbons (Fsp3) is 0.727. The normalized spacial score (nSPS) is 22.5. The zero-order chi connectivity index (χ0) is 12.5. The summed E-state index contributed by atoms with van der Waals surface area (Å²) in [6.45, 7) is 1.90. The lowest BCUT2D eigenvalue weighted by Crippen LogP contribution is -2.22. The van der Waals surface area contributed by atoms with E-state index in [1.165, 1.54) is 0 Å². The number of rotatable bonds is 3. The Morgan fingerprint density at radius 3 is 2.76 bits per heavy atom. The molecule has 1 fully saturated rings. The Balaban J connectivity index is 2.06. The van der Waals surface area contributed by atoms with Gasteiger partial charge in [0.25, 0.3) is 0 Å². The summed E-state index contributed by atoms with van der Waals surface area (Å²) in [6, 6.07) is 0. The molecule has 1 aliphatic heterocycles. The number of nitrogens with zero attached hydrogens (tertiary/aromatic N) is 1. The maximum absolute atomic E-state index is 11.3. The molecule has 1 unspecified atom stereocenters. The van der Waals surface area contributed by atoms with Crippen molar-refractivity contribution >= 4 is 9.84 Å². The monoisotopic (exact) mass is 259 g/mol. The maximum Gasteiger partial charge on any atom is 0.197 e. The van der Waals surface area contributed by atoms with E-state index >= 15 is 0 Å². The van der Waals surface area contributed by atoms with Crippen LogP contribution in [0.1, 0.15) is 43.2 Å². The van der Waals surface area contributed by atoms with Crippen LogP contribution in [0.3, 0.4) is 0 Å². The quantitative estimate of drug-likeness (QED) is 0.878. The topological polar surface area (TPSA) is 80.4 Å². The number of hydrogen-bond acceptors (Lipinski definition) is 5. The van der Waals surface area contributed by atoms with Gasteiger partial charge in [0.1, 0.15) is 16.1 Å². The molecule has 1 saturated heterocycles. The van der Waals surface area contributed by atoms with Crippen LogP contribution >= 0.6 is 0 Å². The second kappa shape index (κ2) is 4.78. The second-order valence-corrected chi connectivity index (χ2v) is 6.92. The summed E-state index contributed by atoms with van der Waals surface area (Å²) in [7, 11) is -2.85. The van der Waals surface area contributed by atoms with E-state index < -0.39 is 9.84 Å². The fourth-order valence-corrected chi connectivity index (χ4v) is 3.44. The third-order valence-electron chi connectivity index (χ3n) is 3.22. The van der Waals surface area contributed by atoms with Gasteiger partial charge in [-0.05, 0) is 12.8 Å². The molecular weight excluding hydrogens is 242 g/mol. The van der Waals surface area contributed by atoms with E-state index in [0.29, 0.717) is 18.7 Å². The van der Waals surface area contributed by atoms with E-state index in [2.05, 4.69) is 4.98 Å². The number of aromatic nitrogens is 1. The summed E-state index contributed by atoms with van der Waals surface area (Å²) in [4.78, 5) is 4.33. The van der Waals surface area contributed by atoms with E-state index in [0.717, 1.165) is 5.69 Å². The summed E-state index contributed by atoms with van der Waals surface area (Å²) in [5, 5.41) is 9.02. The summed E-state index contributed by atoms with van der Waals surface area (Å²) in [6.07, 6.45) is 2.71. The van der Waals surface area contributed by atoms with Gasteiger partial charge in [-0.3, -0.25) is 0 Å². The standard InChI is InChI=1S/C11H17NO4S/c1-8(6-13)10-7-16-11(12-10)9-2-4-17(14,15)5-3-9/h7-9,13H,2-6H2,1H3. The fourth-order valence-electron chi connectivity index (χ4n) is 1.95. The van der Waals surface area contributed by atoms with Crippen LogP contribution in [0.5, 0.6) is 0 Å². The molecule has 1 N–H and O–H groups in total. The molecule has 0 aliphatic carbocycles. The van der Waals surface area contributed by atoms with Crippen LogP contribution in [0.25, 0.3) is 0 Å². The van der Waals surface area contributed by atoms with Crippen LogP contribution in [0.4, 0.5) is 0 Å². The first kappa shape index (κ1) is 12.6. The van der Waals surface area contributed by atoms with Crippen LogP contribution in [0.2, 0.25) is 0 Å². The van der Waals surface area contributed by atoms with Crippen molar-refractivity contribution in [1.29, 1.82) is 0 Å². The molecule has 0 radical (unpaired) electrons. The molecule has 0 aromatic carbocycles. The van der Waals surface area contributed by atoms with Gasteiger partial charge < -0.3 is 9.52 Å². The molecule has 0 saturated carbocycles. The van der Waals surface area contributed by atoms with Crippen LogP contribution in [0.15, 0.2) is 10.7 Å². The van der Waals surface area contributed by atoms with Crippen LogP contribution < -0.4 is 0 Å². The van der Waals surface area contributed by atoms with Gasteiger partial charge >= 0.3 is 0 Å². The molecule has 5 nitrogen and oxygen atoms in total. The minimum absolute atomic E-state index is 0.0328. The van der Waals surface area contributed by atoms with Crippen molar-refractivity contribution in [3.8, 4) is 0 Å². The zero-order valence-electron chi connectivity index (χ0n) is 9.80. The molecule has 17 heavy (non-hydrogen) atoms. The molecule has 0 spiro atoms. The first-order chi connectivity index (χ1) is 8.02. The Morgan fingerprint density at radius 2 is 2.18 bits per heavy atom. The van der Waals surface area contributed by atoms with Gasteiger partial charge in [-0.25, -0.2) is 13.4 Å². The Bertz CT molecular complexity index is 465. The molecule has 1 aliphatic rings. The van der Waals surface area contributed by atoms with E-state index in [4.69, 9.17) is 9.52 Å². The molecular formula is C11H17NO4S. The first-order valence-electron chi connectivity index (χ1n) is 5.78. The highest BCUT2D eigenvalue weighted by atomic mass is 32.2. The zero-order valence-corrected chi connectivity index (χ0v) is 10.6. The summed E-state index contributed by atoms with van der Waals surface area (Å²) < 4.78 is 28.0. The van der Waals surface area contributed by atoms with Crippen LogP contribution in [0, 0.1) is 0 Å². The third kappa shape index (κ3) is 2.87. The summed E-state index contributed by atoms with van der Waals surface area (Å²) >= 11 is 0. The minimum Gasteiger partial charge on any atom is -0.448 e. The Labute approximate surface area is 101 Å². The number of aliphatic hydroxyl groups excluding tert-OH is 1. The highest BCUT2D eigenvalue weighted by Gasteiger charge is 2.28. The van der Waals surface area contributed by atoms with E-state index in [9.17, 15) is 8.42 Å². The minimum atomic E-state index is -2.85. The Hall–Kier alpha value is -0.880. The lowest BCUT2D eigenvalue weighted by molar-refractivity contribution is 0.271. The van der Waals surface area contributed by atoms with Crippen LogP contribution in [-0.4, -0.2) is 36.6 Å². The molecule has 1 aromatic rings. The van der Waals surface area contributed by atoms with Crippen molar-refractivity contribution in [1.82, 2.24) is 4.98 Å². The lowest BCUT2D eigenvalue weighted by atomic mass is 10.0.